The summed E-state index contributed by atoms with van der Waals surface area (Å²) in [6, 6.07) is 11.7. The number of morpholine rings is 1. The Morgan fingerprint density at radius 1 is 1.09 bits per heavy atom. The first-order valence-corrected chi connectivity index (χ1v) is 12.6. The number of ether oxygens (including phenoxy) is 1. The van der Waals surface area contributed by atoms with Gasteiger partial charge >= 0.3 is 0 Å². The van der Waals surface area contributed by atoms with Crippen molar-refractivity contribution in [3.63, 3.8) is 0 Å². The molecule has 1 aromatic carbocycles. The van der Waals surface area contributed by atoms with Crippen molar-refractivity contribution in [3.8, 4) is 11.4 Å². The number of aromatic nitrogens is 3. The van der Waals surface area contributed by atoms with Crippen molar-refractivity contribution in [2.45, 2.75) is 32.5 Å². The number of benzene rings is 1. The topological polar surface area (TPSA) is 69.3 Å². The highest BCUT2D eigenvalue weighted by Gasteiger charge is 2.24. The lowest BCUT2D eigenvalue weighted by atomic mass is 10.1. The molecule has 8 heteroatoms. The van der Waals surface area contributed by atoms with Crippen molar-refractivity contribution in [1.82, 2.24) is 25.2 Å². The molecule has 2 fully saturated rings. The standard InChI is InChI=1S/C25H30N6OS/c1-16-13-30(14-17(2)27-16)15-18-12-22-23(33-18)25(31-8-10-32-11-9-31)29-24(28-22)20-4-3-5-21-19(20)6-7-26-21/h3-7,12,16-17,26-27H,8-11,13-15H2,1-2H3/t16-,17+. The van der Waals surface area contributed by atoms with Crippen LogP contribution in [0.3, 0.4) is 0 Å². The van der Waals surface area contributed by atoms with Gasteiger partial charge in [0.1, 0.15) is 0 Å². The van der Waals surface area contributed by atoms with Crippen molar-refractivity contribution in [3.05, 3.63) is 41.4 Å². The Labute approximate surface area is 197 Å². The first kappa shape index (κ1) is 21.0. The van der Waals surface area contributed by atoms with Gasteiger partial charge in [-0.1, -0.05) is 12.1 Å². The molecular weight excluding hydrogens is 432 g/mol. The summed E-state index contributed by atoms with van der Waals surface area (Å²) < 4.78 is 6.81. The SMILES string of the molecule is C[C@@H]1CN(Cc2cc3nc(-c4cccc5[nH]ccc45)nc(N4CCOCC4)c3s2)C[C@H](C)N1. The highest BCUT2D eigenvalue weighted by Crippen LogP contribution is 2.36. The van der Waals surface area contributed by atoms with E-state index in [2.05, 4.69) is 64.3 Å². The maximum atomic E-state index is 5.62. The molecule has 2 atom stereocenters. The highest BCUT2D eigenvalue weighted by molar-refractivity contribution is 7.19. The maximum absolute atomic E-state index is 5.62. The quantitative estimate of drug-likeness (QED) is 0.480. The Morgan fingerprint density at radius 2 is 1.91 bits per heavy atom. The number of fused-ring (bicyclic) bond motifs is 2. The summed E-state index contributed by atoms with van der Waals surface area (Å²) in [7, 11) is 0. The zero-order valence-electron chi connectivity index (χ0n) is 19.2. The average Bonchev–Trinajstić information content (AvgIpc) is 3.44. The predicted molar refractivity (Wildman–Crippen MR) is 135 cm³/mol. The molecule has 33 heavy (non-hydrogen) atoms. The van der Waals surface area contributed by atoms with Gasteiger partial charge in [-0.15, -0.1) is 11.3 Å². The van der Waals surface area contributed by atoms with Gasteiger partial charge in [-0.05, 0) is 32.0 Å². The average molecular weight is 463 g/mol. The number of anilines is 1. The van der Waals surface area contributed by atoms with Crippen molar-refractivity contribution in [2.75, 3.05) is 44.3 Å². The molecule has 4 aromatic rings. The van der Waals surface area contributed by atoms with Crippen molar-refractivity contribution < 1.29 is 4.74 Å². The number of thiophene rings is 1. The normalized spacial score (nSPS) is 22.4. The van der Waals surface area contributed by atoms with Crippen LogP contribution in [0, 0.1) is 0 Å². The van der Waals surface area contributed by atoms with E-state index in [0.29, 0.717) is 12.1 Å². The molecule has 0 radical (unpaired) electrons. The molecule has 0 unspecified atom stereocenters. The fourth-order valence-electron chi connectivity index (χ4n) is 5.22. The Kier molecular flexibility index (Phi) is 5.54. The van der Waals surface area contributed by atoms with Crippen LogP contribution in [0.15, 0.2) is 36.5 Å². The molecule has 0 saturated carbocycles. The molecule has 2 aliphatic heterocycles. The maximum Gasteiger partial charge on any atom is 0.162 e. The first-order valence-electron chi connectivity index (χ1n) is 11.8. The lowest BCUT2D eigenvalue weighted by molar-refractivity contribution is 0.122. The van der Waals surface area contributed by atoms with Gasteiger partial charge in [-0.25, -0.2) is 9.97 Å². The van der Waals surface area contributed by atoms with Crippen LogP contribution in [-0.4, -0.2) is 71.3 Å². The van der Waals surface area contributed by atoms with Gasteiger partial charge in [0, 0.05) is 72.3 Å². The summed E-state index contributed by atoms with van der Waals surface area (Å²) in [5.41, 5.74) is 3.23. The van der Waals surface area contributed by atoms with E-state index < -0.39 is 0 Å². The zero-order chi connectivity index (χ0) is 22.4. The van der Waals surface area contributed by atoms with Crippen LogP contribution in [0.4, 0.5) is 5.82 Å². The monoisotopic (exact) mass is 462 g/mol. The molecule has 0 aliphatic carbocycles. The lowest BCUT2D eigenvalue weighted by Gasteiger charge is -2.35. The molecule has 6 rings (SSSR count). The molecule has 5 heterocycles. The zero-order valence-corrected chi connectivity index (χ0v) is 20.0. The summed E-state index contributed by atoms with van der Waals surface area (Å²) >= 11 is 1.85. The van der Waals surface area contributed by atoms with Gasteiger partial charge in [-0.2, -0.15) is 0 Å². The van der Waals surface area contributed by atoms with E-state index in [9.17, 15) is 0 Å². The molecular formula is C25H30N6OS. The molecule has 2 saturated heterocycles. The largest absolute Gasteiger partial charge is 0.378 e. The van der Waals surface area contributed by atoms with Crippen molar-refractivity contribution in [1.29, 1.82) is 0 Å². The third-order valence-electron chi connectivity index (χ3n) is 6.56. The van der Waals surface area contributed by atoms with Crippen molar-refractivity contribution >= 4 is 38.3 Å². The molecule has 0 amide bonds. The van der Waals surface area contributed by atoms with Gasteiger partial charge in [0.05, 0.1) is 23.4 Å². The van der Waals surface area contributed by atoms with E-state index >= 15 is 0 Å². The van der Waals surface area contributed by atoms with E-state index in [-0.39, 0.29) is 0 Å². The van der Waals surface area contributed by atoms with Gasteiger partial charge in [-0.3, -0.25) is 4.90 Å². The second-order valence-corrected chi connectivity index (χ2v) is 10.4. The van der Waals surface area contributed by atoms with Gasteiger partial charge in [0.2, 0.25) is 0 Å². The summed E-state index contributed by atoms with van der Waals surface area (Å²) in [6.07, 6.45) is 1.98. The van der Waals surface area contributed by atoms with Crippen molar-refractivity contribution in [2.24, 2.45) is 0 Å². The Bertz CT molecular complexity index is 1270. The summed E-state index contributed by atoms with van der Waals surface area (Å²) in [5.74, 6) is 1.84. The van der Waals surface area contributed by atoms with Crippen LogP contribution >= 0.6 is 11.3 Å². The summed E-state index contributed by atoms with van der Waals surface area (Å²) in [5, 5.41) is 4.79. The van der Waals surface area contributed by atoms with E-state index in [1.54, 1.807) is 0 Å². The minimum absolute atomic E-state index is 0.514. The third kappa shape index (κ3) is 4.12. The first-order chi connectivity index (χ1) is 16.1. The number of rotatable bonds is 4. The van der Waals surface area contributed by atoms with Crippen LogP contribution in [0.2, 0.25) is 0 Å². The number of hydrogen-bond acceptors (Lipinski definition) is 7. The van der Waals surface area contributed by atoms with E-state index in [0.717, 1.165) is 79.6 Å². The molecule has 7 nitrogen and oxygen atoms in total. The predicted octanol–water partition coefficient (Wildman–Crippen LogP) is 3.86. The fraction of sp³-hybridized carbons (Fsp3) is 0.440. The third-order valence-corrected chi connectivity index (χ3v) is 7.67. The minimum atomic E-state index is 0.514. The molecule has 0 bridgehead atoms. The smallest absolute Gasteiger partial charge is 0.162 e. The number of hydrogen-bond donors (Lipinski definition) is 2. The number of aromatic amines is 1. The minimum Gasteiger partial charge on any atom is -0.378 e. The van der Waals surface area contributed by atoms with Gasteiger partial charge < -0.3 is 19.9 Å². The molecule has 2 N–H and O–H groups in total. The Balaban J connectivity index is 1.43. The molecule has 2 aliphatic rings. The van der Waals surface area contributed by atoms with Gasteiger partial charge in [0.15, 0.2) is 11.6 Å². The van der Waals surface area contributed by atoms with Crippen LogP contribution < -0.4 is 10.2 Å². The van der Waals surface area contributed by atoms with Crippen LogP contribution in [0.5, 0.6) is 0 Å². The Hall–Kier alpha value is -2.52. The van der Waals surface area contributed by atoms with E-state index in [1.807, 2.05) is 17.5 Å². The summed E-state index contributed by atoms with van der Waals surface area (Å²) in [4.78, 5) is 19.8. The fourth-order valence-corrected chi connectivity index (χ4v) is 6.38. The Morgan fingerprint density at radius 3 is 2.73 bits per heavy atom. The van der Waals surface area contributed by atoms with E-state index in [4.69, 9.17) is 14.7 Å². The number of nitrogens with zero attached hydrogens (tertiary/aromatic N) is 4. The van der Waals surface area contributed by atoms with Gasteiger partial charge in [0.25, 0.3) is 0 Å². The molecule has 0 spiro atoms. The lowest BCUT2D eigenvalue weighted by Crippen LogP contribution is -2.53. The van der Waals surface area contributed by atoms with Crippen LogP contribution in [0.25, 0.3) is 32.5 Å². The number of piperazine rings is 1. The summed E-state index contributed by atoms with van der Waals surface area (Å²) in [6.45, 7) is 10.8. The van der Waals surface area contributed by atoms with Crippen LogP contribution in [-0.2, 0) is 11.3 Å². The van der Waals surface area contributed by atoms with Crippen LogP contribution in [0.1, 0.15) is 18.7 Å². The highest BCUT2D eigenvalue weighted by atomic mass is 32.1. The molecule has 3 aromatic heterocycles. The number of nitrogens with one attached hydrogen (secondary N) is 2. The second kappa shape index (κ2) is 8.68. The number of H-pyrrole nitrogens is 1. The van der Waals surface area contributed by atoms with E-state index in [1.165, 1.54) is 9.58 Å². The second-order valence-electron chi connectivity index (χ2n) is 9.30. The molecule has 172 valence electrons.